The van der Waals surface area contributed by atoms with Gasteiger partial charge in [0.1, 0.15) is 4.88 Å². The number of nitrogens with one attached hydrogen (secondary N) is 1. The van der Waals surface area contributed by atoms with Gasteiger partial charge in [0.2, 0.25) is 0 Å². The Morgan fingerprint density at radius 3 is 2.94 bits per heavy atom. The van der Waals surface area contributed by atoms with E-state index < -0.39 is 5.97 Å². The maximum atomic E-state index is 10.6. The van der Waals surface area contributed by atoms with Crippen LogP contribution in [-0.2, 0) is 6.54 Å². The van der Waals surface area contributed by atoms with Crippen LogP contribution in [0.4, 0.5) is 0 Å². The molecule has 0 aliphatic rings. The van der Waals surface area contributed by atoms with Crippen molar-refractivity contribution in [3.63, 3.8) is 0 Å². The van der Waals surface area contributed by atoms with Gasteiger partial charge < -0.3 is 10.4 Å². The summed E-state index contributed by atoms with van der Waals surface area (Å²) in [5, 5.41) is 12.0. The number of unbranched alkanes of at least 4 members (excludes halogenated alkanes) is 2. The molecule has 0 unspecified atom stereocenters. The van der Waals surface area contributed by atoms with E-state index in [0.717, 1.165) is 37.2 Å². The lowest BCUT2D eigenvalue weighted by molar-refractivity contribution is 0.0702. The number of hydrogen-bond donors (Lipinski definition) is 2. The topological polar surface area (TPSA) is 49.3 Å². The molecule has 0 aromatic carbocycles. The molecule has 0 aliphatic heterocycles. The first-order valence-corrected chi connectivity index (χ1v) is 6.02. The summed E-state index contributed by atoms with van der Waals surface area (Å²) in [4.78, 5) is 12.1. The first-order valence-electron chi connectivity index (χ1n) is 5.20. The second kappa shape index (κ2) is 7.04. The zero-order chi connectivity index (χ0) is 11.8. The van der Waals surface area contributed by atoms with E-state index in [4.69, 9.17) is 11.5 Å². The van der Waals surface area contributed by atoms with Gasteiger partial charge in [-0.05, 0) is 31.5 Å². The molecular weight excluding hydrogens is 222 g/mol. The number of terminal acetylenes is 1. The fraction of sp³-hybridized carbons (Fsp3) is 0.417. The van der Waals surface area contributed by atoms with Crippen molar-refractivity contribution in [2.75, 3.05) is 6.54 Å². The minimum Gasteiger partial charge on any atom is -0.477 e. The smallest absolute Gasteiger partial charge is 0.345 e. The fourth-order valence-electron chi connectivity index (χ4n) is 1.28. The van der Waals surface area contributed by atoms with Crippen molar-refractivity contribution in [2.24, 2.45) is 0 Å². The summed E-state index contributed by atoms with van der Waals surface area (Å²) in [6, 6.07) is 3.49. The van der Waals surface area contributed by atoms with Gasteiger partial charge in [-0.25, -0.2) is 4.79 Å². The highest BCUT2D eigenvalue weighted by atomic mass is 32.1. The van der Waals surface area contributed by atoms with Gasteiger partial charge in [0.05, 0.1) is 0 Å². The summed E-state index contributed by atoms with van der Waals surface area (Å²) < 4.78 is 0. The van der Waals surface area contributed by atoms with E-state index in [1.807, 2.05) is 6.07 Å². The Bertz CT molecular complexity index is 379. The lowest BCUT2D eigenvalue weighted by Gasteiger charge is -2.01. The maximum absolute atomic E-state index is 10.6. The van der Waals surface area contributed by atoms with Crippen LogP contribution in [-0.4, -0.2) is 17.6 Å². The van der Waals surface area contributed by atoms with Crippen molar-refractivity contribution in [1.82, 2.24) is 5.32 Å². The van der Waals surface area contributed by atoms with E-state index in [9.17, 15) is 4.79 Å². The van der Waals surface area contributed by atoms with Crippen LogP contribution in [0.25, 0.3) is 0 Å². The molecule has 16 heavy (non-hydrogen) atoms. The predicted octanol–water partition coefficient (Wildman–Crippen LogP) is 2.34. The molecule has 1 rings (SSSR count). The third-order valence-electron chi connectivity index (χ3n) is 2.10. The molecule has 1 heterocycles. The third-order valence-corrected chi connectivity index (χ3v) is 3.17. The van der Waals surface area contributed by atoms with Gasteiger partial charge in [0.15, 0.2) is 0 Å². The van der Waals surface area contributed by atoms with Gasteiger partial charge in [-0.15, -0.1) is 23.7 Å². The molecule has 86 valence electrons. The highest BCUT2D eigenvalue weighted by Gasteiger charge is 2.05. The molecule has 0 fully saturated rings. The first-order chi connectivity index (χ1) is 7.74. The van der Waals surface area contributed by atoms with Crippen LogP contribution in [0.1, 0.15) is 33.8 Å². The maximum Gasteiger partial charge on any atom is 0.345 e. The summed E-state index contributed by atoms with van der Waals surface area (Å²) in [6.45, 7) is 1.65. The number of aromatic carboxylic acids is 1. The van der Waals surface area contributed by atoms with Gasteiger partial charge in [0.25, 0.3) is 0 Å². The molecule has 0 radical (unpaired) electrons. The average Bonchev–Trinajstić information content (AvgIpc) is 2.72. The Hall–Kier alpha value is -1.31. The third kappa shape index (κ3) is 4.47. The van der Waals surface area contributed by atoms with Crippen molar-refractivity contribution in [1.29, 1.82) is 0 Å². The van der Waals surface area contributed by atoms with Crippen LogP contribution in [0.5, 0.6) is 0 Å². The molecule has 0 saturated carbocycles. The molecule has 0 bridgehead atoms. The summed E-state index contributed by atoms with van der Waals surface area (Å²) in [5.41, 5.74) is 0. The number of carboxylic acid groups (broad SMARTS) is 1. The van der Waals surface area contributed by atoms with Crippen LogP contribution in [0.3, 0.4) is 0 Å². The molecule has 3 nitrogen and oxygen atoms in total. The number of carboxylic acids is 1. The fourth-order valence-corrected chi connectivity index (χ4v) is 2.09. The summed E-state index contributed by atoms with van der Waals surface area (Å²) >= 11 is 1.31. The molecule has 0 atom stereocenters. The molecule has 0 amide bonds. The summed E-state index contributed by atoms with van der Waals surface area (Å²) in [5.74, 6) is 1.74. The minimum atomic E-state index is -0.856. The largest absolute Gasteiger partial charge is 0.477 e. The van der Waals surface area contributed by atoms with Gasteiger partial charge in [-0.1, -0.05) is 0 Å². The van der Waals surface area contributed by atoms with Crippen molar-refractivity contribution in [3.8, 4) is 12.3 Å². The highest BCUT2D eigenvalue weighted by molar-refractivity contribution is 7.13. The zero-order valence-corrected chi connectivity index (χ0v) is 9.85. The van der Waals surface area contributed by atoms with Crippen molar-refractivity contribution in [2.45, 2.75) is 25.8 Å². The van der Waals surface area contributed by atoms with Crippen LogP contribution < -0.4 is 5.32 Å². The number of thiophene rings is 1. The Kier molecular flexibility index (Phi) is 5.62. The van der Waals surface area contributed by atoms with Crippen molar-refractivity contribution in [3.05, 3.63) is 21.9 Å². The molecule has 1 aromatic heterocycles. The Morgan fingerprint density at radius 2 is 2.31 bits per heavy atom. The van der Waals surface area contributed by atoms with Gasteiger partial charge in [-0.2, -0.15) is 0 Å². The second-order valence-electron chi connectivity index (χ2n) is 3.41. The van der Waals surface area contributed by atoms with E-state index in [1.54, 1.807) is 6.07 Å². The monoisotopic (exact) mass is 237 g/mol. The van der Waals surface area contributed by atoms with E-state index in [2.05, 4.69) is 11.2 Å². The second-order valence-corrected chi connectivity index (χ2v) is 4.58. The molecule has 0 spiro atoms. The normalized spacial score (nSPS) is 9.94. The summed E-state index contributed by atoms with van der Waals surface area (Å²) in [6.07, 6.45) is 8.06. The molecular formula is C12H15NO2S. The SMILES string of the molecule is C#CCCCCNCc1ccc(C(=O)O)s1. The first kappa shape index (κ1) is 12.8. The summed E-state index contributed by atoms with van der Waals surface area (Å²) in [7, 11) is 0. The van der Waals surface area contributed by atoms with Gasteiger partial charge in [0, 0.05) is 17.8 Å². The van der Waals surface area contributed by atoms with Gasteiger partial charge in [-0.3, -0.25) is 0 Å². The van der Waals surface area contributed by atoms with E-state index in [0.29, 0.717) is 4.88 Å². The zero-order valence-electron chi connectivity index (χ0n) is 9.03. The number of hydrogen-bond acceptors (Lipinski definition) is 3. The lowest BCUT2D eigenvalue weighted by atomic mass is 10.2. The van der Waals surface area contributed by atoms with Gasteiger partial charge >= 0.3 is 5.97 Å². The molecule has 1 aromatic rings. The molecule has 4 heteroatoms. The molecule has 2 N–H and O–H groups in total. The Balaban J connectivity index is 2.17. The van der Waals surface area contributed by atoms with Crippen molar-refractivity contribution < 1.29 is 9.90 Å². The Labute approximate surface area is 99.5 Å². The predicted molar refractivity (Wildman–Crippen MR) is 65.7 cm³/mol. The van der Waals surface area contributed by atoms with Crippen LogP contribution in [0, 0.1) is 12.3 Å². The average molecular weight is 237 g/mol. The lowest BCUT2D eigenvalue weighted by Crippen LogP contribution is -2.13. The van der Waals surface area contributed by atoms with Crippen LogP contribution in [0.15, 0.2) is 12.1 Å². The van der Waals surface area contributed by atoms with E-state index in [-0.39, 0.29) is 0 Å². The number of rotatable bonds is 7. The van der Waals surface area contributed by atoms with Crippen molar-refractivity contribution >= 4 is 17.3 Å². The highest BCUT2D eigenvalue weighted by Crippen LogP contribution is 2.15. The quantitative estimate of drug-likeness (QED) is 0.565. The van der Waals surface area contributed by atoms with Crippen LogP contribution >= 0.6 is 11.3 Å². The Morgan fingerprint density at radius 1 is 1.50 bits per heavy atom. The molecule has 0 saturated heterocycles. The van der Waals surface area contributed by atoms with E-state index >= 15 is 0 Å². The van der Waals surface area contributed by atoms with Crippen LogP contribution in [0.2, 0.25) is 0 Å². The standard InChI is InChI=1S/C12H15NO2S/c1-2-3-4-5-8-13-9-10-6-7-11(16-10)12(14)15/h1,6-7,13H,3-5,8-9H2,(H,14,15). The molecule has 0 aliphatic carbocycles. The number of carbonyl (C=O) groups is 1. The minimum absolute atomic E-state index is 0.393. The van der Waals surface area contributed by atoms with E-state index in [1.165, 1.54) is 11.3 Å².